The molecule has 1 aromatic heterocycles. The van der Waals surface area contributed by atoms with Gasteiger partial charge in [-0.15, -0.1) is 0 Å². The number of H-pyrrole nitrogens is 1. The Morgan fingerprint density at radius 2 is 1.97 bits per heavy atom. The molecular weight excluding hydrogens is 432 g/mol. The molecule has 1 atom stereocenters. The lowest BCUT2D eigenvalue weighted by Crippen LogP contribution is -2.29. The van der Waals surface area contributed by atoms with E-state index in [0.717, 1.165) is 17.9 Å². The van der Waals surface area contributed by atoms with Crippen LogP contribution in [0.3, 0.4) is 0 Å². The summed E-state index contributed by atoms with van der Waals surface area (Å²) in [6, 6.07) is 9.00. The second-order valence-electron chi connectivity index (χ2n) is 8.76. The Morgan fingerprint density at radius 1 is 1.19 bits per heavy atom. The van der Waals surface area contributed by atoms with E-state index in [1.54, 1.807) is 0 Å². The van der Waals surface area contributed by atoms with Crippen LogP contribution in [0.25, 0.3) is 0 Å². The Labute approximate surface area is 188 Å². The highest BCUT2D eigenvalue weighted by atomic mass is 32.2. The number of nitrogens with zero attached hydrogens (tertiary/aromatic N) is 1. The lowest BCUT2D eigenvalue weighted by Gasteiger charge is -2.22. The predicted molar refractivity (Wildman–Crippen MR) is 123 cm³/mol. The van der Waals surface area contributed by atoms with E-state index in [9.17, 15) is 18.0 Å². The zero-order valence-corrected chi connectivity index (χ0v) is 19.5. The van der Waals surface area contributed by atoms with Gasteiger partial charge in [0, 0.05) is 24.8 Å². The Morgan fingerprint density at radius 3 is 2.66 bits per heavy atom. The van der Waals surface area contributed by atoms with Crippen molar-refractivity contribution >= 4 is 9.84 Å². The second-order valence-corrected chi connectivity index (χ2v) is 11.0. The zero-order valence-electron chi connectivity index (χ0n) is 18.7. The third kappa shape index (κ3) is 7.63. The summed E-state index contributed by atoms with van der Waals surface area (Å²) in [6.07, 6.45) is 4.11. The first-order valence-corrected chi connectivity index (χ1v) is 12.9. The minimum atomic E-state index is -3.30. The van der Waals surface area contributed by atoms with Gasteiger partial charge in [0.2, 0.25) is 0 Å². The standard InChI is InChI=1S/C23H32N2O6S/c1-17(2)21(19-5-3-6-20(13-19)31-14-18-7-8-18)15-32(28,29)12-4-11-30-16-25-10-9-22(26)24-23(25)27/h3,5-6,9-10,13,17-18,21H,4,7-8,11-12,14-16H2,1-2H3,(H,24,26,27). The van der Waals surface area contributed by atoms with Gasteiger partial charge in [0.05, 0.1) is 18.1 Å². The number of sulfone groups is 1. The second kappa shape index (κ2) is 11.0. The van der Waals surface area contributed by atoms with E-state index in [4.69, 9.17) is 9.47 Å². The number of ether oxygens (including phenoxy) is 2. The van der Waals surface area contributed by atoms with Gasteiger partial charge in [0.15, 0.2) is 9.84 Å². The van der Waals surface area contributed by atoms with E-state index in [-0.39, 0.29) is 36.7 Å². The molecule has 0 saturated heterocycles. The third-order valence-electron chi connectivity index (χ3n) is 5.58. The first-order valence-electron chi connectivity index (χ1n) is 11.0. The van der Waals surface area contributed by atoms with E-state index in [1.807, 2.05) is 38.1 Å². The van der Waals surface area contributed by atoms with Gasteiger partial charge in [-0.25, -0.2) is 13.2 Å². The third-order valence-corrected chi connectivity index (χ3v) is 7.36. The molecule has 0 bridgehead atoms. The zero-order chi connectivity index (χ0) is 23.1. The molecule has 1 aliphatic rings. The fourth-order valence-electron chi connectivity index (χ4n) is 3.45. The minimum absolute atomic E-state index is 0.00854. The first kappa shape index (κ1) is 24.3. The van der Waals surface area contributed by atoms with Crippen molar-refractivity contribution in [2.24, 2.45) is 11.8 Å². The molecule has 2 aromatic rings. The van der Waals surface area contributed by atoms with Crippen molar-refractivity contribution in [3.05, 3.63) is 62.9 Å². The summed E-state index contributed by atoms with van der Waals surface area (Å²) < 4.78 is 38.0. The van der Waals surface area contributed by atoms with Gasteiger partial charge in [-0.05, 0) is 48.8 Å². The van der Waals surface area contributed by atoms with Gasteiger partial charge in [-0.3, -0.25) is 14.3 Å². The van der Waals surface area contributed by atoms with Gasteiger partial charge in [-0.2, -0.15) is 0 Å². The smallest absolute Gasteiger partial charge is 0.330 e. The predicted octanol–water partition coefficient (Wildman–Crippen LogP) is 2.54. The molecule has 1 unspecified atom stereocenters. The van der Waals surface area contributed by atoms with Crippen LogP contribution in [0.15, 0.2) is 46.1 Å². The van der Waals surface area contributed by atoms with Crippen molar-refractivity contribution in [2.75, 3.05) is 24.7 Å². The molecule has 0 radical (unpaired) electrons. The van der Waals surface area contributed by atoms with Gasteiger partial charge >= 0.3 is 5.69 Å². The molecule has 32 heavy (non-hydrogen) atoms. The molecule has 0 amide bonds. The Hall–Kier alpha value is -2.39. The molecule has 1 fully saturated rings. The molecule has 3 rings (SSSR count). The van der Waals surface area contributed by atoms with Crippen LogP contribution in [0.4, 0.5) is 0 Å². The molecule has 1 aliphatic carbocycles. The SMILES string of the molecule is CC(C)C(CS(=O)(=O)CCCOCn1ccc(=O)[nH]c1=O)c1cccc(OCC2CC2)c1. The Balaban J connectivity index is 1.50. The molecular formula is C23H32N2O6S. The first-order chi connectivity index (χ1) is 15.2. The minimum Gasteiger partial charge on any atom is -0.493 e. The number of benzene rings is 1. The normalized spacial score (nSPS) is 15.1. The lowest BCUT2D eigenvalue weighted by atomic mass is 9.90. The molecule has 1 aromatic carbocycles. The Kier molecular flexibility index (Phi) is 8.31. The Bertz CT molecular complexity index is 1100. The quantitative estimate of drug-likeness (QED) is 0.457. The summed E-state index contributed by atoms with van der Waals surface area (Å²) in [6.45, 7) is 4.94. The van der Waals surface area contributed by atoms with Crippen LogP contribution in [-0.4, -0.2) is 42.7 Å². The van der Waals surface area contributed by atoms with E-state index < -0.39 is 21.1 Å². The highest BCUT2D eigenvalue weighted by Crippen LogP contribution is 2.32. The van der Waals surface area contributed by atoms with Crippen LogP contribution in [0.1, 0.15) is 44.6 Å². The maximum Gasteiger partial charge on any atom is 0.330 e. The topological polar surface area (TPSA) is 107 Å². The van der Waals surface area contributed by atoms with Crippen molar-refractivity contribution in [1.29, 1.82) is 0 Å². The summed E-state index contributed by atoms with van der Waals surface area (Å²) in [5.74, 6) is 1.57. The van der Waals surface area contributed by atoms with Gasteiger partial charge in [0.25, 0.3) is 5.56 Å². The summed E-state index contributed by atoms with van der Waals surface area (Å²) in [5.41, 5.74) is -0.0594. The number of rotatable bonds is 13. The van der Waals surface area contributed by atoms with Gasteiger partial charge in [0.1, 0.15) is 12.5 Å². The van der Waals surface area contributed by atoms with Gasteiger partial charge in [-0.1, -0.05) is 26.0 Å². The van der Waals surface area contributed by atoms with Crippen molar-refractivity contribution in [3.8, 4) is 5.75 Å². The fourth-order valence-corrected chi connectivity index (χ4v) is 5.30. The number of hydrogen-bond donors (Lipinski definition) is 1. The summed E-state index contributed by atoms with van der Waals surface area (Å²) in [4.78, 5) is 24.8. The average Bonchev–Trinajstić information content (AvgIpc) is 3.56. The molecule has 0 spiro atoms. The molecule has 1 saturated carbocycles. The van der Waals surface area contributed by atoms with E-state index in [1.165, 1.54) is 29.7 Å². The van der Waals surface area contributed by atoms with E-state index in [2.05, 4.69) is 4.98 Å². The van der Waals surface area contributed by atoms with Crippen LogP contribution in [0, 0.1) is 11.8 Å². The number of aromatic amines is 1. The molecule has 176 valence electrons. The fraction of sp³-hybridized carbons (Fsp3) is 0.565. The molecule has 8 nitrogen and oxygen atoms in total. The number of aromatic nitrogens is 2. The maximum absolute atomic E-state index is 12.8. The molecule has 9 heteroatoms. The van der Waals surface area contributed by atoms with Crippen LogP contribution in [-0.2, 0) is 21.3 Å². The van der Waals surface area contributed by atoms with Crippen molar-refractivity contribution in [3.63, 3.8) is 0 Å². The van der Waals surface area contributed by atoms with Crippen LogP contribution in [0.2, 0.25) is 0 Å². The van der Waals surface area contributed by atoms with Crippen molar-refractivity contribution in [2.45, 2.75) is 45.8 Å². The van der Waals surface area contributed by atoms with E-state index in [0.29, 0.717) is 12.3 Å². The highest BCUT2D eigenvalue weighted by molar-refractivity contribution is 7.91. The summed E-state index contributed by atoms with van der Waals surface area (Å²) >= 11 is 0. The van der Waals surface area contributed by atoms with Gasteiger partial charge < -0.3 is 9.47 Å². The average molecular weight is 465 g/mol. The molecule has 0 aliphatic heterocycles. The lowest BCUT2D eigenvalue weighted by molar-refractivity contribution is 0.0745. The van der Waals surface area contributed by atoms with Crippen molar-refractivity contribution < 1.29 is 17.9 Å². The van der Waals surface area contributed by atoms with E-state index >= 15 is 0 Å². The number of hydrogen-bond acceptors (Lipinski definition) is 6. The summed E-state index contributed by atoms with van der Waals surface area (Å²) in [7, 11) is -3.30. The number of nitrogens with one attached hydrogen (secondary N) is 1. The van der Waals surface area contributed by atoms with Crippen LogP contribution in [0.5, 0.6) is 5.75 Å². The largest absolute Gasteiger partial charge is 0.493 e. The monoisotopic (exact) mass is 464 g/mol. The molecule has 1 heterocycles. The summed E-state index contributed by atoms with van der Waals surface area (Å²) in [5, 5.41) is 0. The molecule has 1 N–H and O–H groups in total. The van der Waals surface area contributed by atoms with Crippen LogP contribution >= 0.6 is 0 Å². The maximum atomic E-state index is 12.8. The highest BCUT2D eigenvalue weighted by Gasteiger charge is 2.25. The van der Waals surface area contributed by atoms with Crippen molar-refractivity contribution in [1.82, 2.24) is 9.55 Å². The van der Waals surface area contributed by atoms with Crippen LogP contribution < -0.4 is 16.0 Å².